The van der Waals surface area contributed by atoms with Gasteiger partial charge < -0.3 is 14.8 Å². The number of carbonyl (C=O) groups is 1. The minimum atomic E-state index is -4.47. The molecule has 6 nitrogen and oxygen atoms in total. The lowest BCUT2D eigenvalue weighted by atomic mass is 10.1. The number of fused-ring (bicyclic) bond motifs is 1. The first kappa shape index (κ1) is 18.1. The number of nitrogens with zero attached hydrogens (tertiary/aromatic N) is 2. The van der Waals surface area contributed by atoms with Crippen LogP contribution >= 0.6 is 0 Å². The second-order valence-corrected chi connectivity index (χ2v) is 5.93. The Morgan fingerprint density at radius 3 is 2.77 bits per heavy atom. The highest BCUT2D eigenvalue weighted by Crippen LogP contribution is 2.32. The number of amides is 1. The molecule has 9 heteroatoms. The van der Waals surface area contributed by atoms with Crippen molar-refractivity contribution in [2.45, 2.75) is 32.5 Å². The fourth-order valence-electron chi connectivity index (χ4n) is 2.62. The third-order valence-electron chi connectivity index (χ3n) is 4.00. The molecule has 0 spiro atoms. The van der Waals surface area contributed by atoms with E-state index in [0.717, 1.165) is 11.6 Å². The number of ether oxygens (including phenoxy) is 2. The highest BCUT2D eigenvalue weighted by Gasteiger charge is 2.34. The van der Waals surface area contributed by atoms with Gasteiger partial charge in [0, 0.05) is 18.7 Å². The Morgan fingerprint density at radius 1 is 1.27 bits per heavy atom. The zero-order chi connectivity index (χ0) is 18.7. The maximum Gasteiger partial charge on any atom is 0.435 e. The summed E-state index contributed by atoms with van der Waals surface area (Å²) in [5, 5.41) is 6.21. The van der Waals surface area contributed by atoms with Gasteiger partial charge in [0.15, 0.2) is 17.2 Å². The third-order valence-corrected chi connectivity index (χ3v) is 4.00. The number of halogens is 3. The quantitative estimate of drug-likeness (QED) is 0.850. The van der Waals surface area contributed by atoms with Crippen LogP contribution in [0.15, 0.2) is 24.3 Å². The number of benzene rings is 1. The fraction of sp³-hybridized carbons (Fsp3) is 0.412. The highest BCUT2D eigenvalue weighted by molar-refractivity contribution is 5.76. The molecule has 1 amide bonds. The number of hydrogen-bond donors (Lipinski definition) is 1. The molecule has 0 unspecified atom stereocenters. The van der Waals surface area contributed by atoms with Gasteiger partial charge in [0.1, 0.15) is 0 Å². The summed E-state index contributed by atoms with van der Waals surface area (Å²) in [4.78, 5) is 11.9. The molecule has 26 heavy (non-hydrogen) atoms. The van der Waals surface area contributed by atoms with Crippen LogP contribution in [0.4, 0.5) is 13.2 Å². The molecular weight excluding hydrogens is 351 g/mol. The van der Waals surface area contributed by atoms with Gasteiger partial charge in [-0.05, 0) is 37.1 Å². The average Bonchev–Trinajstić information content (AvgIpc) is 3.19. The zero-order valence-electron chi connectivity index (χ0n) is 14.1. The van der Waals surface area contributed by atoms with Gasteiger partial charge in [-0.1, -0.05) is 6.07 Å². The van der Waals surface area contributed by atoms with Crippen molar-refractivity contribution in [1.29, 1.82) is 0 Å². The van der Waals surface area contributed by atoms with Crippen molar-refractivity contribution in [3.8, 4) is 11.5 Å². The lowest BCUT2D eigenvalue weighted by Gasteiger charge is -2.08. The van der Waals surface area contributed by atoms with Gasteiger partial charge in [-0.25, -0.2) is 0 Å². The van der Waals surface area contributed by atoms with Crippen LogP contribution in [-0.2, 0) is 23.9 Å². The summed E-state index contributed by atoms with van der Waals surface area (Å²) in [7, 11) is 0. The van der Waals surface area contributed by atoms with E-state index in [1.807, 2.05) is 12.1 Å². The Kier molecular flexibility index (Phi) is 5.06. The number of carbonyl (C=O) groups excluding carboxylic acids is 1. The van der Waals surface area contributed by atoms with Crippen LogP contribution in [-0.4, -0.2) is 29.0 Å². The van der Waals surface area contributed by atoms with Crippen molar-refractivity contribution >= 4 is 5.91 Å². The molecule has 1 aromatic carbocycles. The Morgan fingerprint density at radius 2 is 2.04 bits per heavy atom. The van der Waals surface area contributed by atoms with Crippen LogP contribution in [0.3, 0.4) is 0 Å². The van der Waals surface area contributed by atoms with E-state index in [2.05, 4.69) is 10.4 Å². The third kappa shape index (κ3) is 4.27. The molecule has 0 bridgehead atoms. The standard InChI is InChI=1S/C17H18F3N3O3/c1-11-8-15(17(18,19)20)22-23(11)7-6-21-16(24)5-3-12-2-4-13-14(9-12)26-10-25-13/h2,4,8-9H,3,5-7,10H2,1H3,(H,21,24). The molecule has 0 radical (unpaired) electrons. The Hall–Kier alpha value is -2.71. The van der Waals surface area contributed by atoms with Crippen molar-refractivity contribution in [3.63, 3.8) is 0 Å². The summed E-state index contributed by atoms with van der Waals surface area (Å²) in [5.41, 5.74) is 0.415. The van der Waals surface area contributed by atoms with Gasteiger partial charge in [0.25, 0.3) is 0 Å². The summed E-state index contributed by atoms with van der Waals surface area (Å²) in [6.07, 6.45) is -3.67. The van der Waals surface area contributed by atoms with Crippen LogP contribution in [0, 0.1) is 6.92 Å². The SMILES string of the molecule is Cc1cc(C(F)(F)F)nn1CCNC(=O)CCc1ccc2c(c1)OCO2. The number of nitrogens with one attached hydrogen (secondary N) is 1. The minimum Gasteiger partial charge on any atom is -0.454 e. The molecule has 1 N–H and O–H groups in total. The molecule has 3 rings (SSSR count). The van der Waals surface area contributed by atoms with Gasteiger partial charge in [-0.15, -0.1) is 0 Å². The number of alkyl halides is 3. The lowest BCUT2D eigenvalue weighted by Crippen LogP contribution is -2.28. The van der Waals surface area contributed by atoms with E-state index in [9.17, 15) is 18.0 Å². The van der Waals surface area contributed by atoms with E-state index in [1.165, 1.54) is 4.68 Å². The number of aryl methyl sites for hydroxylation is 2. The predicted octanol–water partition coefficient (Wildman–Crippen LogP) is 2.69. The second kappa shape index (κ2) is 7.27. The smallest absolute Gasteiger partial charge is 0.435 e. The Bertz CT molecular complexity index is 802. The molecule has 0 saturated heterocycles. The van der Waals surface area contributed by atoms with Gasteiger partial charge in [0.05, 0.1) is 6.54 Å². The average molecular weight is 369 g/mol. The zero-order valence-corrected chi connectivity index (χ0v) is 14.1. The number of rotatable bonds is 6. The van der Waals surface area contributed by atoms with E-state index in [0.29, 0.717) is 23.6 Å². The molecule has 2 heterocycles. The maximum absolute atomic E-state index is 12.6. The van der Waals surface area contributed by atoms with Gasteiger partial charge in [-0.3, -0.25) is 9.48 Å². The Balaban J connectivity index is 1.44. The number of hydrogen-bond acceptors (Lipinski definition) is 4. The van der Waals surface area contributed by atoms with E-state index in [4.69, 9.17) is 9.47 Å². The molecular formula is C17H18F3N3O3. The van der Waals surface area contributed by atoms with Crippen molar-refractivity contribution in [2.75, 3.05) is 13.3 Å². The summed E-state index contributed by atoms with van der Waals surface area (Å²) < 4.78 is 49.6. The molecule has 1 aliphatic heterocycles. The minimum absolute atomic E-state index is 0.177. The monoisotopic (exact) mass is 369 g/mol. The van der Waals surface area contributed by atoms with Crippen LogP contribution in [0.25, 0.3) is 0 Å². The second-order valence-electron chi connectivity index (χ2n) is 5.93. The first-order chi connectivity index (χ1) is 12.3. The van der Waals surface area contributed by atoms with Crippen LogP contribution < -0.4 is 14.8 Å². The van der Waals surface area contributed by atoms with Crippen molar-refractivity contribution in [1.82, 2.24) is 15.1 Å². The van der Waals surface area contributed by atoms with Gasteiger partial charge in [-0.2, -0.15) is 18.3 Å². The van der Waals surface area contributed by atoms with Gasteiger partial charge >= 0.3 is 6.18 Å². The van der Waals surface area contributed by atoms with Crippen molar-refractivity contribution < 1.29 is 27.4 Å². The van der Waals surface area contributed by atoms with E-state index >= 15 is 0 Å². The molecule has 1 aromatic heterocycles. The largest absolute Gasteiger partial charge is 0.454 e. The fourth-order valence-corrected chi connectivity index (χ4v) is 2.62. The topological polar surface area (TPSA) is 65.4 Å². The van der Waals surface area contributed by atoms with Crippen LogP contribution in [0.2, 0.25) is 0 Å². The molecule has 2 aromatic rings. The molecule has 140 valence electrons. The van der Waals surface area contributed by atoms with Crippen LogP contribution in [0.5, 0.6) is 11.5 Å². The number of aromatic nitrogens is 2. The molecule has 0 aliphatic carbocycles. The molecule has 0 saturated carbocycles. The van der Waals surface area contributed by atoms with E-state index < -0.39 is 11.9 Å². The van der Waals surface area contributed by atoms with E-state index in [1.54, 1.807) is 13.0 Å². The lowest BCUT2D eigenvalue weighted by molar-refractivity contribution is -0.141. The van der Waals surface area contributed by atoms with Crippen LogP contribution in [0.1, 0.15) is 23.4 Å². The first-order valence-corrected chi connectivity index (χ1v) is 8.10. The first-order valence-electron chi connectivity index (χ1n) is 8.10. The van der Waals surface area contributed by atoms with E-state index in [-0.39, 0.29) is 32.2 Å². The summed E-state index contributed by atoms with van der Waals surface area (Å²) in [6.45, 7) is 2.13. The van der Waals surface area contributed by atoms with Crippen molar-refractivity contribution in [3.05, 3.63) is 41.2 Å². The maximum atomic E-state index is 12.6. The highest BCUT2D eigenvalue weighted by atomic mass is 19.4. The summed E-state index contributed by atoms with van der Waals surface area (Å²) in [6, 6.07) is 6.49. The summed E-state index contributed by atoms with van der Waals surface area (Å²) >= 11 is 0. The normalized spacial score (nSPS) is 13.1. The molecule has 0 atom stereocenters. The molecule has 0 fully saturated rings. The summed E-state index contributed by atoms with van der Waals surface area (Å²) in [5.74, 6) is 1.17. The van der Waals surface area contributed by atoms with Gasteiger partial charge in [0.2, 0.25) is 12.7 Å². The predicted molar refractivity (Wildman–Crippen MR) is 85.9 cm³/mol. The Labute approximate surface area is 147 Å². The van der Waals surface area contributed by atoms with Crippen molar-refractivity contribution in [2.24, 2.45) is 0 Å². The molecule has 1 aliphatic rings.